The molecule has 6 heteroatoms. The normalized spacial score (nSPS) is 12.7. The molecule has 0 amide bonds. The van der Waals surface area contributed by atoms with Gasteiger partial charge in [-0.1, -0.05) is 190 Å². The van der Waals surface area contributed by atoms with Gasteiger partial charge in [0.15, 0.2) is 6.10 Å². The van der Waals surface area contributed by atoms with Gasteiger partial charge in [0.2, 0.25) is 0 Å². The van der Waals surface area contributed by atoms with Gasteiger partial charge < -0.3 is 14.2 Å². The van der Waals surface area contributed by atoms with Crippen LogP contribution in [0.3, 0.4) is 0 Å². The summed E-state index contributed by atoms with van der Waals surface area (Å²) in [5.41, 5.74) is 0. The highest BCUT2D eigenvalue weighted by Gasteiger charge is 2.19. The molecule has 0 saturated heterocycles. The summed E-state index contributed by atoms with van der Waals surface area (Å²) in [7, 11) is 0. The maximum Gasteiger partial charge on any atom is 0.306 e. The van der Waals surface area contributed by atoms with Gasteiger partial charge >= 0.3 is 17.9 Å². The highest BCUT2D eigenvalue weighted by atomic mass is 16.6. The number of esters is 3. The number of hydrogen-bond acceptors (Lipinski definition) is 6. The van der Waals surface area contributed by atoms with Crippen LogP contribution in [0.15, 0.2) is 72.9 Å². The van der Waals surface area contributed by atoms with E-state index in [2.05, 4.69) is 87.6 Å². The predicted molar refractivity (Wildman–Crippen MR) is 256 cm³/mol. The molecule has 1 atom stereocenters. The standard InChI is InChI=1S/C54H92O6/c1-4-7-10-13-16-19-22-25-26-27-28-30-32-35-38-41-44-47-53(56)59-50-51(49-58-52(55)46-43-40-37-34-31-24-21-18-15-12-9-6-3)60-54(57)48-45-42-39-36-33-29-23-20-17-14-11-8-5-2/h9,12,16,18-19,21,25-26,29,33,39,42,51H,4-8,10-11,13-15,17,20,22-24,27-28,30-32,34-38,40-41,43-50H2,1-3H3/b12-9-,19-16-,21-18-,26-25-,33-29-,42-39-. The van der Waals surface area contributed by atoms with Gasteiger partial charge in [0.05, 0.1) is 0 Å². The largest absolute Gasteiger partial charge is 0.462 e. The van der Waals surface area contributed by atoms with Gasteiger partial charge in [-0.2, -0.15) is 0 Å². The summed E-state index contributed by atoms with van der Waals surface area (Å²) < 4.78 is 16.7. The third-order valence-electron chi connectivity index (χ3n) is 10.4. The molecule has 0 aromatic rings. The Hall–Kier alpha value is -3.15. The van der Waals surface area contributed by atoms with Gasteiger partial charge in [-0.05, 0) is 96.3 Å². The van der Waals surface area contributed by atoms with Crippen LogP contribution in [0, 0.1) is 0 Å². The van der Waals surface area contributed by atoms with Crippen molar-refractivity contribution in [1.82, 2.24) is 0 Å². The van der Waals surface area contributed by atoms with E-state index in [1.807, 2.05) is 6.08 Å². The summed E-state index contributed by atoms with van der Waals surface area (Å²) in [5, 5.41) is 0. The van der Waals surface area contributed by atoms with Crippen LogP contribution >= 0.6 is 0 Å². The van der Waals surface area contributed by atoms with Crippen molar-refractivity contribution < 1.29 is 28.6 Å². The fraction of sp³-hybridized carbons (Fsp3) is 0.722. The summed E-state index contributed by atoms with van der Waals surface area (Å²) in [6.45, 7) is 6.42. The van der Waals surface area contributed by atoms with Crippen molar-refractivity contribution in [2.24, 2.45) is 0 Å². The van der Waals surface area contributed by atoms with Crippen molar-refractivity contribution in [1.29, 1.82) is 0 Å². The Morgan fingerprint density at radius 1 is 0.350 bits per heavy atom. The quantitative estimate of drug-likeness (QED) is 0.0263. The smallest absolute Gasteiger partial charge is 0.306 e. The van der Waals surface area contributed by atoms with E-state index in [-0.39, 0.29) is 37.5 Å². The summed E-state index contributed by atoms with van der Waals surface area (Å²) in [6.07, 6.45) is 60.4. The zero-order valence-electron chi connectivity index (χ0n) is 39.2. The lowest BCUT2D eigenvalue weighted by Gasteiger charge is -2.18. The maximum atomic E-state index is 12.7. The lowest BCUT2D eigenvalue weighted by molar-refractivity contribution is -0.166. The van der Waals surface area contributed by atoms with Gasteiger partial charge in [0.1, 0.15) is 13.2 Å². The lowest BCUT2D eigenvalue weighted by Crippen LogP contribution is -2.30. The number of unbranched alkanes of at least 4 members (excludes halogenated alkanes) is 21. The molecule has 0 spiro atoms. The molecule has 0 aliphatic carbocycles. The molecule has 0 fully saturated rings. The molecule has 0 rings (SSSR count). The van der Waals surface area contributed by atoms with E-state index in [0.29, 0.717) is 19.3 Å². The minimum absolute atomic E-state index is 0.107. The number of carbonyl (C=O) groups is 3. The summed E-state index contributed by atoms with van der Waals surface area (Å²) in [5.74, 6) is -0.999. The van der Waals surface area contributed by atoms with Crippen LogP contribution in [-0.2, 0) is 28.6 Å². The minimum Gasteiger partial charge on any atom is -0.462 e. The topological polar surface area (TPSA) is 78.9 Å². The molecule has 6 nitrogen and oxygen atoms in total. The average molecular weight is 837 g/mol. The van der Waals surface area contributed by atoms with Gasteiger partial charge in [-0.25, -0.2) is 0 Å². The van der Waals surface area contributed by atoms with E-state index >= 15 is 0 Å². The van der Waals surface area contributed by atoms with Gasteiger partial charge in [-0.15, -0.1) is 0 Å². The zero-order valence-corrected chi connectivity index (χ0v) is 39.2. The molecule has 0 aliphatic rings. The summed E-state index contributed by atoms with van der Waals surface area (Å²) >= 11 is 0. The Kier molecular flexibility index (Phi) is 46.0. The molecule has 0 aliphatic heterocycles. The molecule has 0 aromatic heterocycles. The Morgan fingerprint density at radius 3 is 1.10 bits per heavy atom. The fourth-order valence-corrected chi connectivity index (χ4v) is 6.68. The monoisotopic (exact) mass is 837 g/mol. The maximum absolute atomic E-state index is 12.7. The lowest BCUT2D eigenvalue weighted by atomic mass is 10.1. The average Bonchev–Trinajstić information content (AvgIpc) is 3.24. The molecule has 0 radical (unpaired) electrons. The second kappa shape index (κ2) is 48.5. The number of hydrogen-bond donors (Lipinski definition) is 0. The van der Waals surface area contributed by atoms with Gasteiger partial charge in [0.25, 0.3) is 0 Å². The molecule has 1 unspecified atom stereocenters. The van der Waals surface area contributed by atoms with Crippen LogP contribution in [0.25, 0.3) is 0 Å². The Morgan fingerprint density at radius 2 is 0.683 bits per heavy atom. The number of allylic oxidation sites excluding steroid dienone is 12. The number of rotatable bonds is 44. The van der Waals surface area contributed by atoms with Crippen molar-refractivity contribution in [3.8, 4) is 0 Å². The molecular formula is C54H92O6. The molecular weight excluding hydrogens is 745 g/mol. The molecule has 344 valence electrons. The fourth-order valence-electron chi connectivity index (χ4n) is 6.68. The Labute approximate surface area is 370 Å². The van der Waals surface area contributed by atoms with E-state index in [1.54, 1.807) is 0 Å². The zero-order chi connectivity index (χ0) is 43.7. The SMILES string of the molecule is CC/C=C\C/C=C\CCCCCCCC(=O)OCC(COC(=O)CCCCCCCCC/C=C\C/C=C\CCCCC)OC(=O)CC/C=C\C/C=C\CCCCCCCC. The number of ether oxygens (including phenoxy) is 3. The van der Waals surface area contributed by atoms with Crippen LogP contribution in [0.2, 0.25) is 0 Å². The molecule has 0 bridgehead atoms. The first-order valence-electron chi connectivity index (χ1n) is 24.9. The van der Waals surface area contributed by atoms with Crippen LogP contribution in [0.1, 0.15) is 233 Å². The van der Waals surface area contributed by atoms with E-state index in [0.717, 1.165) is 96.3 Å². The summed E-state index contributed by atoms with van der Waals surface area (Å²) in [4.78, 5) is 37.8. The van der Waals surface area contributed by atoms with E-state index in [9.17, 15) is 14.4 Å². The van der Waals surface area contributed by atoms with Crippen LogP contribution in [0.4, 0.5) is 0 Å². The van der Waals surface area contributed by atoms with E-state index in [1.165, 1.54) is 89.9 Å². The highest BCUT2D eigenvalue weighted by molar-refractivity contribution is 5.71. The summed E-state index contributed by atoms with van der Waals surface area (Å²) in [6, 6.07) is 0. The highest BCUT2D eigenvalue weighted by Crippen LogP contribution is 2.13. The number of carbonyl (C=O) groups excluding carboxylic acids is 3. The van der Waals surface area contributed by atoms with Crippen LogP contribution in [0.5, 0.6) is 0 Å². The van der Waals surface area contributed by atoms with Crippen molar-refractivity contribution in [3.63, 3.8) is 0 Å². The molecule has 0 heterocycles. The van der Waals surface area contributed by atoms with Crippen molar-refractivity contribution in [2.45, 2.75) is 239 Å². The molecule has 0 aromatic carbocycles. The Bertz CT molecular complexity index is 1140. The van der Waals surface area contributed by atoms with Crippen molar-refractivity contribution >= 4 is 17.9 Å². The minimum atomic E-state index is -0.813. The second-order valence-corrected chi connectivity index (χ2v) is 16.3. The van der Waals surface area contributed by atoms with E-state index in [4.69, 9.17) is 14.2 Å². The van der Waals surface area contributed by atoms with Crippen molar-refractivity contribution in [3.05, 3.63) is 72.9 Å². The van der Waals surface area contributed by atoms with Gasteiger partial charge in [0, 0.05) is 19.3 Å². The third kappa shape index (κ3) is 45.9. The third-order valence-corrected chi connectivity index (χ3v) is 10.4. The van der Waals surface area contributed by atoms with Crippen molar-refractivity contribution in [2.75, 3.05) is 13.2 Å². The first-order chi connectivity index (χ1) is 29.5. The predicted octanol–water partition coefficient (Wildman–Crippen LogP) is 16.3. The molecule has 0 N–H and O–H groups in total. The molecule has 60 heavy (non-hydrogen) atoms. The Balaban J connectivity index is 4.45. The van der Waals surface area contributed by atoms with E-state index < -0.39 is 6.10 Å². The molecule has 0 saturated carbocycles. The van der Waals surface area contributed by atoms with Crippen LogP contribution < -0.4 is 0 Å². The first kappa shape index (κ1) is 56.9. The first-order valence-corrected chi connectivity index (χ1v) is 24.9. The second-order valence-electron chi connectivity index (χ2n) is 16.3. The van der Waals surface area contributed by atoms with Crippen LogP contribution in [-0.4, -0.2) is 37.2 Å². The van der Waals surface area contributed by atoms with Gasteiger partial charge in [-0.3, -0.25) is 14.4 Å².